The third kappa shape index (κ3) is 3.26. The van der Waals surface area contributed by atoms with Gasteiger partial charge in [0.25, 0.3) is 5.89 Å². The topological polar surface area (TPSA) is 101 Å². The molecule has 1 aliphatic heterocycles. The number of nitrogens with zero attached hydrogens (tertiary/aromatic N) is 3. The fourth-order valence-corrected chi connectivity index (χ4v) is 3.11. The molecule has 0 spiro atoms. The van der Waals surface area contributed by atoms with Crippen molar-refractivity contribution in [3.05, 3.63) is 47.7 Å². The first-order chi connectivity index (χ1) is 12.2. The fraction of sp³-hybridized carbons (Fsp3) is 0.353. The molecule has 0 bridgehead atoms. The number of anilines is 1. The smallest absolute Gasteiger partial charge is 0.315 e. The standard InChI is InChI=1S/C17H20N6O2/c1-10-6-14(11(2)24-10)16-22-23-17(25-16)19-8-13-9-20-21-15(13)12-4-3-5-18-7-12/h3-7,13,15,20-21H,8-9H2,1-2H3,(H,19,23). The average Bonchev–Trinajstić information content (AvgIpc) is 3.33. The van der Waals surface area contributed by atoms with E-state index in [1.54, 1.807) is 6.20 Å². The molecule has 8 nitrogen and oxygen atoms in total. The van der Waals surface area contributed by atoms with Crippen LogP contribution < -0.4 is 16.2 Å². The molecule has 0 saturated carbocycles. The maximum Gasteiger partial charge on any atom is 0.315 e. The van der Waals surface area contributed by atoms with Gasteiger partial charge in [0.15, 0.2) is 0 Å². The maximum absolute atomic E-state index is 5.72. The minimum absolute atomic E-state index is 0.183. The molecule has 3 N–H and O–H groups in total. The highest BCUT2D eigenvalue weighted by atomic mass is 16.4. The molecule has 0 aromatic carbocycles. The van der Waals surface area contributed by atoms with Gasteiger partial charge in [-0.15, -0.1) is 5.10 Å². The van der Waals surface area contributed by atoms with Gasteiger partial charge in [-0.3, -0.25) is 10.4 Å². The second-order valence-corrected chi connectivity index (χ2v) is 6.17. The van der Waals surface area contributed by atoms with Crippen LogP contribution in [0.2, 0.25) is 0 Å². The number of aromatic nitrogens is 3. The number of hydrogen-bond donors (Lipinski definition) is 3. The molecule has 4 rings (SSSR count). The summed E-state index contributed by atoms with van der Waals surface area (Å²) in [5, 5.41) is 11.4. The number of pyridine rings is 1. The first-order valence-corrected chi connectivity index (χ1v) is 8.24. The van der Waals surface area contributed by atoms with Gasteiger partial charge in [-0.1, -0.05) is 11.2 Å². The third-order valence-electron chi connectivity index (χ3n) is 4.35. The summed E-state index contributed by atoms with van der Waals surface area (Å²) in [4.78, 5) is 4.19. The van der Waals surface area contributed by atoms with Crippen LogP contribution in [0, 0.1) is 19.8 Å². The Labute approximate surface area is 145 Å². The van der Waals surface area contributed by atoms with Crippen LogP contribution in [0.5, 0.6) is 0 Å². The van der Waals surface area contributed by atoms with E-state index in [4.69, 9.17) is 8.83 Å². The normalized spacial score (nSPS) is 20.1. The molecular formula is C17H20N6O2. The van der Waals surface area contributed by atoms with E-state index >= 15 is 0 Å². The van der Waals surface area contributed by atoms with Crippen molar-refractivity contribution in [3.8, 4) is 11.5 Å². The first kappa shape index (κ1) is 15.8. The highest BCUT2D eigenvalue weighted by Crippen LogP contribution is 2.27. The number of rotatable bonds is 5. The lowest BCUT2D eigenvalue weighted by molar-refractivity contribution is 0.483. The molecule has 0 aliphatic carbocycles. The van der Waals surface area contributed by atoms with Gasteiger partial charge < -0.3 is 14.2 Å². The number of nitrogens with one attached hydrogen (secondary N) is 3. The molecule has 1 saturated heterocycles. The minimum Gasteiger partial charge on any atom is -0.466 e. The van der Waals surface area contributed by atoms with E-state index in [0.717, 1.165) is 29.2 Å². The van der Waals surface area contributed by atoms with Gasteiger partial charge in [-0.25, -0.2) is 5.43 Å². The second-order valence-electron chi connectivity index (χ2n) is 6.17. The van der Waals surface area contributed by atoms with Gasteiger partial charge >= 0.3 is 6.01 Å². The zero-order valence-corrected chi connectivity index (χ0v) is 14.1. The van der Waals surface area contributed by atoms with Crippen LogP contribution in [0.4, 0.5) is 6.01 Å². The lowest BCUT2D eigenvalue weighted by atomic mass is 9.96. The van der Waals surface area contributed by atoms with Crippen LogP contribution in [0.3, 0.4) is 0 Å². The van der Waals surface area contributed by atoms with Crippen molar-refractivity contribution in [3.63, 3.8) is 0 Å². The Bertz CT molecular complexity index is 844. The summed E-state index contributed by atoms with van der Waals surface area (Å²) < 4.78 is 11.2. The van der Waals surface area contributed by atoms with E-state index in [1.807, 2.05) is 32.2 Å². The van der Waals surface area contributed by atoms with Crippen LogP contribution in [-0.4, -0.2) is 28.3 Å². The van der Waals surface area contributed by atoms with Gasteiger partial charge in [0.05, 0.1) is 11.6 Å². The number of furan rings is 1. The third-order valence-corrected chi connectivity index (χ3v) is 4.35. The van der Waals surface area contributed by atoms with Crippen LogP contribution in [-0.2, 0) is 0 Å². The molecule has 25 heavy (non-hydrogen) atoms. The quantitative estimate of drug-likeness (QED) is 0.650. The lowest BCUT2D eigenvalue weighted by Crippen LogP contribution is -2.26. The molecule has 2 atom stereocenters. The molecule has 3 aromatic rings. The number of hydrazine groups is 1. The largest absolute Gasteiger partial charge is 0.466 e. The Kier molecular flexibility index (Phi) is 4.21. The number of aryl methyl sites for hydroxylation is 2. The predicted octanol–water partition coefficient (Wildman–Crippen LogP) is 2.22. The summed E-state index contributed by atoms with van der Waals surface area (Å²) >= 11 is 0. The zero-order chi connectivity index (χ0) is 17.2. The van der Waals surface area contributed by atoms with Crippen LogP contribution in [0.25, 0.3) is 11.5 Å². The Balaban J connectivity index is 1.42. The molecule has 1 fully saturated rings. The molecule has 4 heterocycles. The summed E-state index contributed by atoms with van der Waals surface area (Å²) in [6, 6.07) is 6.50. The van der Waals surface area contributed by atoms with Crippen molar-refractivity contribution in [2.45, 2.75) is 19.9 Å². The lowest BCUT2D eigenvalue weighted by Gasteiger charge is -2.18. The molecule has 2 unspecified atom stereocenters. The molecule has 0 amide bonds. The van der Waals surface area contributed by atoms with Crippen molar-refractivity contribution in [2.75, 3.05) is 18.4 Å². The van der Waals surface area contributed by atoms with E-state index in [2.05, 4.69) is 37.4 Å². The van der Waals surface area contributed by atoms with Crippen molar-refractivity contribution in [1.82, 2.24) is 26.0 Å². The SMILES string of the molecule is Cc1cc(-c2nnc(NCC3CNNC3c3cccnc3)o2)c(C)o1. The van der Waals surface area contributed by atoms with Crippen LogP contribution in [0.1, 0.15) is 23.1 Å². The fourth-order valence-electron chi connectivity index (χ4n) is 3.11. The van der Waals surface area contributed by atoms with E-state index in [-0.39, 0.29) is 6.04 Å². The van der Waals surface area contributed by atoms with Gasteiger partial charge in [0, 0.05) is 31.4 Å². The van der Waals surface area contributed by atoms with Crippen LogP contribution in [0.15, 0.2) is 39.4 Å². The molecule has 8 heteroatoms. The predicted molar refractivity (Wildman–Crippen MR) is 91.6 cm³/mol. The molecule has 130 valence electrons. The highest BCUT2D eigenvalue weighted by Gasteiger charge is 2.28. The van der Waals surface area contributed by atoms with Crippen molar-refractivity contribution < 1.29 is 8.83 Å². The highest BCUT2D eigenvalue weighted by molar-refractivity contribution is 5.56. The zero-order valence-electron chi connectivity index (χ0n) is 14.1. The molecule has 0 radical (unpaired) electrons. The Morgan fingerprint density at radius 3 is 2.96 bits per heavy atom. The van der Waals surface area contributed by atoms with Gasteiger partial charge in [0.2, 0.25) is 0 Å². The summed E-state index contributed by atoms with van der Waals surface area (Å²) in [7, 11) is 0. The van der Waals surface area contributed by atoms with Gasteiger partial charge in [0.1, 0.15) is 11.5 Å². The second kappa shape index (κ2) is 6.66. The summed E-state index contributed by atoms with van der Waals surface area (Å²) in [6.45, 7) is 5.32. The van der Waals surface area contributed by atoms with E-state index in [9.17, 15) is 0 Å². The summed E-state index contributed by atoms with van der Waals surface area (Å²) in [6.07, 6.45) is 3.66. The first-order valence-electron chi connectivity index (χ1n) is 8.24. The van der Waals surface area contributed by atoms with E-state index in [1.165, 1.54) is 0 Å². The van der Waals surface area contributed by atoms with E-state index < -0.39 is 0 Å². The maximum atomic E-state index is 5.72. The molecule has 3 aromatic heterocycles. The summed E-state index contributed by atoms with van der Waals surface area (Å²) in [5.74, 6) is 2.39. The minimum atomic E-state index is 0.183. The van der Waals surface area contributed by atoms with Crippen LogP contribution >= 0.6 is 0 Å². The summed E-state index contributed by atoms with van der Waals surface area (Å²) in [5.41, 5.74) is 8.47. The Morgan fingerprint density at radius 2 is 2.20 bits per heavy atom. The Hall–Kier alpha value is -2.71. The number of hydrogen-bond acceptors (Lipinski definition) is 8. The molecule has 1 aliphatic rings. The van der Waals surface area contributed by atoms with Crippen molar-refractivity contribution >= 4 is 6.01 Å². The molecular weight excluding hydrogens is 320 g/mol. The monoisotopic (exact) mass is 340 g/mol. The van der Waals surface area contributed by atoms with Gasteiger partial charge in [-0.2, -0.15) is 0 Å². The van der Waals surface area contributed by atoms with Gasteiger partial charge in [-0.05, 0) is 31.5 Å². The average molecular weight is 340 g/mol. The Morgan fingerprint density at radius 1 is 1.28 bits per heavy atom. The van der Waals surface area contributed by atoms with Crippen molar-refractivity contribution in [1.29, 1.82) is 0 Å². The van der Waals surface area contributed by atoms with E-state index in [0.29, 0.717) is 24.4 Å². The van der Waals surface area contributed by atoms with Crippen molar-refractivity contribution in [2.24, 2.45) is 5.92 Å².